The van der Waals surface area contributed by atoms with Gasteiger partial charge in [-0.2, -0.15) is 8.78 Å². The van der Waals surface area contributed by atoms with Crippen molar-refractivity contribution in [3.8, 4) is 5.75 Å². The molecule has 1 aliphatic rings. The molecule has 0 bridgehead atoms. The van der Waals surface area contributed by atoms with Crippen LogP contribution in [0.4, 0.5) is 8.78 Å². The summed E-state index contributed by atoms with van der Waals surface area (Å²) in [4.78, 5) is 7.82. The Balaban J connectivity index is 1.67. The highest BCUT2D eigenvalue weighted by Crippen LogP contribution is 2.27. The number of aromatic nitrogens is 1. The van der Waals surface area contributed by atoms with Gasteiger partial charge in [-0.3, -0.25) is 4.90 Å². The fourth-order valence-electron chi connectivity index (χ4n) is 2.62. The summed E-state index contributed by atoms with van der Waals surface area (Å²) < 4.78 is 35.0. The molecular weight excluding hydrogens is 322 g/mol. The number of thiazole rings is 1. The summed E-state index contributed by atoms with van der Waals surface area (Å²) in [6.07, 6.45) is -0.141. The number of alkyl halides is 2. The molecule has 0 saturated carbocycles. The number of aryl methyl sites for hydroxylation is 1. The highest BCUT2D eigenvalue weighted by molar-refractivity contribution is 7.09. The smallest absolute Gasteiger partial charge is 0.387 e. The third-order valence-electron chi connectivity index (χ3n) is 3.82. The lowest BCUT2D eigenvalue weighted by Crippen LogP contribution is -2.37. The number of ether oxygens (including phenoxy) is 2. The number of rotatable bonds is 5. The first kappa shape index (κ1) is 16.3. The maximum Gasteiger partial charge on any atom is 0.387 e. The van der Waals surface area contributed by atoms with Crippen LogP contribution in [0.25, 0.3) is 0 Å². The lowest BCUT2D eigenvalue weighted by molar-refractivity contribution is -0.0509. The van der Waals surface area contributed by atoms with Crippen molar-refractivity contribution in [3.63, 3.8) is 0 Å². The predicted molar refractivity (Wildman–Crippen MR) is 83.9 cm³/mol. The molecule has 1 saturated heterocycles. The first-order valence-corrected chi connectivity index (χ1v) is 8.27. The van der Waals surface area contributed by atoms with Crippen molar-refractivity contribution in [2.75, 3.05) is 19.7 Å². The van der Waals surface area contributed by atoms with Gasteiger partial charge in [0.25, 0.3) is 0 Å². The Labute approximate surface area is 137 Å². The van der Waals surface area contributed by atoms with Crippen LogP contribution in [0.15, 0.2) is 29.8 Å². The van der Waals surface area contributed by atoms with Gasteiger partial charge in [0.2, 0.25) is 0 Å². The van der Waals surface area contributed by atoms with Gasteiger partial charge in [-0.15, -0.1) is 11.3 Å². The largest absolute Gasteiger partial charge is 0.435 e. The van der Waals surface area contributed by atoms with Gasteiger partial charge in [-0.25, -0.2) is 4.98 Å². The highest BCUT2D eigenvalue weighted by Gasteiger charge is 2.23. The van der Waals surface area contributed by atoms with E-state index >= 15 is 0 Å². The lowest BCUT2D eigenvalue weighted by atomic mass is 10.1. The zero-order valence-corrected chi connectivity index (χ0v) is 13.6. The molecule has 0 N–H and O–H groups in total. The Morgan fingerprint density at radius 3 is 3.09 bits per heavy atom. The average molecular weight is 340 g/mol. The van der Waals surface area contributed by atoms with E-state index in [4.69, 9.17) is 4.74 Å². The van der Waals surface area contributed by atoms with Crippen LogP contribution in [0.3, 0.4) is 0 Å². The molecule has 1 aromatic heterocycles. The van der Waals surface area contributed by atoms with Crippen LogP contribution in [0.2, 0.25) is 0 Å². The van der Waals surface area contributed by atoms with Crippen LogP contribution < -0.4 is 4.74 Å². The summed E-state index contributed by atoms with van der Waals surface area (Å²) >= 11 is 1.65. The standard InChI is InChI=1S/C16H18F2N2O2S/c1-11-15(23-10-19-11)9-20-5-6-21-14(8-20)12-3-2-4-13(7-12)22-16(17)18/h2-4,7,10,14,16H,5-6,8-9H2,1H3/t14-/m1/s1. The summed E-state index contributed by atoms with van der Waals surface area (Å²) in [6, 6.07) is 6.74. The first-order chi connectivity index (χ1) is 11.1. The molecule has 0 spiro atoms. The molecule has 3 rings (SSSR count). The second kappa shape index (κ2) is 7.33. The van der Waals surface area contributed by atoms with Crippen LogP contribution in [0, 0.1) is 6.92 Å². The minimum Gasteiger partial charge on any atom is -0.435 e. The molecule has 1 aromatic carbocycles. The van der Waals surface area contributed by atoms with Crippen molar-refractivity contribution >= 4 is 11.3 Å². The van der Waals surface area contributed by atoms with Gasteiger partial charge in [0, 0.05) is 24.5 Å². The second-order valence-corrected chi connectivity index (χ2v) is 6.35. The third-order valence-corrected chi connectivity index (χ3v) is 4.74. The van der Waals surface area contributed by atoms with Crippen molar-refractivity contribution in [1.29, 1.82) is 0 Å². The minimum atomic E-state index is -2.82. The zero-order chi connectivity index (χ0) is 16.2. The highest BCUT2D eigenvalue weighted by atomic mass is 32.1. The summed E-state index contributed by atoms with van der Waals surface area (Å²) in [5, 5.41) is 0. The topological polar surface area (TPSA) is 34.6 Å². The van der Waals surface area contributed by atoms with Gasteiger partial charge in [0.05, 0.1) is 23.9 Å². The molecule has 2 heterocycles. The molecule has 2 aromatic rings. The minimum absolute atomic E-state index is 0.141. The summed E-state index contributed by atoms with van der Waals surface area (Å²) in [6.45, 7) is 2.21. The van der Waals surface area contributed by atoms with Crippen molar-refractivity contribution < 1.29 is 18.3 Å². The van der Waals surface area contributed by atoms with E-state index in [0.29, 0.717) is 6.61 Å². The molecule has 1 atom stereocenters. The van der Waals surface area contributed by atoms with E-state index in [9.17, 15) is 8.78 Å². The predicted octanol–water partition coefficient (Wildman–Crippen LogP) is 3.63. The Bertz CT molecular complexity index is 651. The Hall–Kier alpha value is -1.57. The molecule has 7 heteroatoms. The molecule has 0 amide bonds. The molecule has 0 unspecified atom stereocenters. The average Bonchev–Trinajstić information content (AvgIpc) is 2.92. The Kier molecular flexibility index (Phi) is 5.20. The van der Waals surface area contributed by atoms with Crippen LogP contribution in [0.1, 0.15) is 22.2 Å². The van der Waals surface area contributed by atoms with Gasteiger partial charge in [-0.05, 0) is 24.6 Å². The molecule has 0 aliphatic carbocycles. The number of morpholine rings is 1. The van der Waals surface area contributed by atoms with Crippen molar-refractivity contribution in [1.82, 2.24) is 9.88 Å². The van der Waals surface area contributed by atoms with E-state index in [1.807, 2.05) is 18.5 Å². The van der Waals surface area contributed by atoms with Crippen molar-refractivity contribution in [2.24, 2.45) is 0 Å². The van der Waals surface area contributed by atoms with Gasteiger partial charge in [0.1, 0.15) is 5.75 Å². The summed E-state index contributed by atoms with van der Waals surface area (Å²) in [5.74, 6) is 0.163. The monoisotopic (exact) mass is 340 g/mol. The van der Waals surface area contributed by atoms with E-state index in [-0.39, 0.29) is 11.9 Å². The van der Waals surface area contributed by atoms with Crippen LogP contribution in [-0.2, 0) is 11.3 Å². The molecule has 0 radical (unpaired) electrons. The third kappa shape index (κ3) is 4.25. The number of hydrogen-bond donors (Lipinski definition) is 0. The molecule has 1 aliphatic heterocycles. The zero-order valence-electron chi connectivity index (χ0n) is 12.7. The van der Waals surface area contributed by atoms with E-state index < -0.39 is 6.61 Å². The van der Waals surface area contributed by atoms with Crippen LogP contribution >= 0.6 is 11.3 Å². The lowest BCUT2D eigenvalue weighted by Gasteiger charge is -2.33. The van der Waals surface area contributed by atoms with E-state index in [2.05, 4.69) is 14.6 Å². The Morgan fingerprint density at radius 1 is 1.48 bits per heavy atom. The quantitative estimate of drug-likeness (QED) is 0.832. The molecule has 1 fully saturated rings. The van der Waals surface area contributed by atoms with E-state index in [0.717, 1.165) is 30.9 Å². The first-order valence-electron chi connectivity index (χ1n) is 7.39. The molecular formula is C16H18F2N2O2S. The molecule has 124 valence electrons. The fraction of sp³-hybridized carbons (Fsp3) is 0.438. The number of benzene rings is 1. The summed E-state index contributed by atoms with van der Waals surface area (Å²) in [7, 11) is 0. The van der Waals surface area contributed by atoms with E-state index in [1.54, 1.807) is 23.5 Å². The number of hydrogen-bond acceptors (Lipinski definition) is 5. The molecule has 23 heavy (non-hydrogen) atoms. The maximum absolute atomic E-state index is 12.3. The normalized spacial score (nSPS) is 19.2. The summed E-state index contributed by atoms with van der Waals surface area (Å²) in [5.41, 5.74) is 3.77. The van der Waals surface area contributed by atoms with Gasteiger partial charge < -0.3 is 9.47 Å². The van der Waals surface area contributed by atoms with Gasteiger partial charge >= 0.3 is 6.61 Å². The SMILES string of the molecule is Cc1ncsc1CN1CCO[C@@H](c2cccc(OC(F)F)c2)C1. The van der Waals surface area contributed by atoms with Crippen molar-refractivity contribution in [3.05, 3.63) is 45.9 Å². The van der Waals surface area contributed by atoms with Crippen molar-refractivity contribution in [2.45, 2.75) is 26.2 Å². The van der Waals surface area contributed by atoms with Gasteiger partial charge in [-0.1, -0.05) is 12.1 Å². The number of halogens is 2. The van der Waals surface area contributed by atoms with Gasteiger partial charge in [0.15, 0.2) is 0 Å². The second-order valence-electron chi connectivity index (χ2n) is 5.41. The molecule has 4 nitrogen and oxygen atoms in total. The number of nitrogens with zero attached hydrogens (tertiary/aromatic N) is 2. The maximum atomic E-state index is 12.3. The Morgan fingerprint density at radius 2 is 2.35 bits per heavy atom. The van der Waals surface area contributed by atoms with E-state index in [1.165, 1.54) is 10.9 Å². The van der Waals surface area contributed by atoms with Crippen LogP contribution in [-0.4, -0.2) is 36.2 Å². The fourth-order valence-corrected chi connectivity index (χ4v) is 3.44. The van der Waals surface area contributed by atoms with Crippen LogP contribution in [0.5, 0.6) is 5.75 Å².